The number of carbonyl (C=O) groups excluding carboxylic acids is 1. The average molecular weight is 473 g/mol. The summed E-state index contributed by atoms with van der Waals surface area (Å²) in [6.07, 6.45) is 9.27. The van der Waals surface area contributed by atoms with E-state index in [0.717, 1.165) is 30.3 Å². The van der Waals surface area contributed by atoms with Crippen molar-refractivity contribution in [1.82, 2.24) is 35.4 Å². The minimum absolute atomic E-state index is 0.238. The molecule has 3 aliphatic rings. The number of thiazole rings is 1. The normalized spacial score (nSPS) is 21.4. The van der Waals surface area contributed by atoms with Crippen LogP contribution in [0.2, 0.25) is 0 Å². The van der Waals surface area contributed by atoms with Gasteiger partial charge >= 0.3 is 0 Å². The fourth-order valence-electron chi connectivity index (χ4n) is 3.95. The molecule has 2 aromatic rings. The maximum Gasteiger partial charge on any atom is 0.281 e. The van der Waals surface area contributed by atoms with Crippen LogP contribution in [0.5, 0.6) is 0 Å². The number of carbonyl (C=O) groups is 1. The van der Waals surface area contributed by atoms with E-state index in [4.69, 9.17) is 4.99 Å². The molecular weight excluding hydrogens is 450 g/mol. The Bertz CT molecular complexity index is 1240. The third-order valence-corrected chi connectivity index (χ3v) is 6.67. The van der Waals surface area contributed by atoms with Crippen LogP contribution in [-0.4, -0.2) is 48.7 Å². The Morgan fingerprint density at radius 3 is 2.88 bits per heavy atom. The summed E-state index contributed by atoms with van der Waals surface area (Å²) in [5, 5.41) is 9.25. The largest absolute Gasteiger partial charge is 0.321 e. The molecule has 2 aromatic heterocycles. The number of guanidine groups is 1. The number of nitrogens with zero attached hydrogens (tertiary/aromatic N) is 6. The Morgan fingerprint density at radius 1 is 1.36 bits per heavy atom. The number of halogens is 2. The van der Waals surface area contributed by atoms with Gasteiger partial charge in [-0.15, -0.1) is 11.3 Å². The lowest BCUT2D eigenvalue weighted by molar-refractivity contribution is 0.0957. The Hall–Kier alpha value is -3.54. The minimum Gasteiger partial charge on any atom is -0.321 e. The van der Waals surface area contributed by atoms with E-state index in [1.165, 1.54) is 10.9 Å². The van der Waals surface area contributed by atoms with Crippen molar-refractivity contribution in [2.24, 2.45) is 12.0 Å². The van der Waals surface area contributed by atoms with Gasteiger partial charge in [-0.2, -0.15) is 5.10 Å². The Morgan fingerprint density at radius 2 is 2.18 bits per heavy atom. The number of nitrogens with one attached hydrogen (secondary N) is 2. The van der Waals surface area contributed by atoms with E-state index in [2.05, 4.69) is 26.9 Å². The topological polar surface area (TPSA) is 90.7 Å². The fraction of sp³-hybridized carbons (Fsp3) is 0.333. The van der Waals surface area contributed by atoms with Crippen molar-refractivity contribution in [3.63, 3.8) is 0 Å². The first-order valence-electron chi connectivity index (χ1n) is 10.3. The number of hydrogen-bond donors (Lipinski definition) is 2. The third kappa shape index (κ3) is 3.69. The molecule has 0 fully saturated rings. The van der Waals surface area contributed by atoms with E-state index in [9.17, 15) is 13.6 Å². The molecule has 0 aliphatic carbocycles. The number of alkyl halides is 2. The van der Waals surface area contributed by atoms with Crippen molar-refractivity contribution < 1.29 is 13.6 Å². The molecule has 1 unspecified atom stereocenters. The van der Waals surface area contributed by atoms with Crippen molar-refractivity contribution >= 4 is 23.2 Å². The lowest BCUT2D eigenvalue weighted by Crippen LogP contribution is -2.47. The molecule has 0 aromatic carbocycles. The number of aromatic nitrogens is 3. The van der Waals surface area contributed by atoms with Crippen LogP contribution in [0.4, 0.5) is 8.78 Å². The van der Waals surface area contributed by atoms with Crippen LogP contribution < -0.4 is 10.7 Å². The van der Waals surface area contributed by atoms with Crippen LogP contribution >= 0.6 is 11.3 Å². The van der Waals surface area contributed by atoms with Crippen molar-refractivity contribution in [1.29, 1.82) is 0 Å². The summed E-state index contributed by atoms with van der Waals surface area (Å²) >= 11 is 1.12. The molecule has 33 heavy (non-hydrogen) atoms. The van der Waals surface area contributed by atoms with E-state index in [-0.39, 0.29) is 11.4 Å². The molecule has 0 bridgehead atoms. The lowest BCUT2D eigenvalue weighted by Gasteiger charge is -2.32. The first-order valence-corrected chi connectivity index (χ1v) is 11.2. The maximum atomic E-state index is 13.2. The smallest absolute Gasteiger partial charge is 0.281 e. The third-order valence-electron chi connectivity index (χ3n) is 5.65. The monoisotopic (exact) mass is 472 g/mol. The maximum absolute atomic E-state index is 13.2. The first kappa shape index (κ1) is 21.3. The lowest BCUT2D eigenvalue weighted by atomic mass is 10.1. The van der Waals surface area contributed by atoms with Gasteiger partial charge in [-0.3, -0.25) is 19.9 Å². The summed E-state index contributed by atoms with van der Waals surface area (Å²) in [5.41, 5.74) is 3.50. The van der Waals surface area contributed by atoms with Gasteiger partial charge in [0.2, 0.25) is 5.96 Å². The van der Waals surface area contributed by atoms with Gasteiger partial charge in [0.25, 0.3) is 12.3 Å². The number of hydrogen-bond acceptors (Lipinski definition) is 8. The predicted molar refractivity (Wildman–Crippen MR) is 120 cm³/mol. The molecule has 9 nitrogen and oxygen atoms in total. The molecule has 0 saturated heterocycles. The van der Waals surface area contributed by atoms with Crippen LogP contribution in [0.15, 0.2) is 47.5 Å². The van der Waals surface area contributed by atoms with Gasteiger partial charge in [0.05, 0.1) is 11.8 Å². The fourth-order valence-corrected chi connectivity index (χ4v) is 4.89. The van der Waals surface area contributed by atoms with Crippen molar-refractivity contribution in [2.75, 3.05) is 6.54 Å². The standard InChI is InChI=1S/C21H22F2N8OS/c1-12-15(17(22)23)26-19(33-12)14-11-24-29(3)16(14)18(32)25-13-6-9-31-21(2,10-13)27-20(28-31)30-7-4-5-8-30/h4,6-7,9-11,17H,5,8H2,1-3H3,(H,25,32)(H,27,28). The highest BCUT2D eigenvalue weighted by Crippen LogP contribution is 2.34. The second-order valence-corrected chi connectivity index (χ2v) is 9.24. The van der Waals surface area contributed by atoms with Gasteiger partial charge in [-0.25, -0.2) is 18.8 Å². The number of rotatable bonds is 4. The van der Waals surface area contributed by atoms with Crippen molar-refractivity contribution in [2.45, 2.75) is 32.4 Å². The number of aryl methyl sites for hydroxylation is 2. The van der Waals surface area contributed by atoms with Crippen molar-refractivity contribution in [3.8, 4) is 10.6 Å². The number of aliphatic imine (C=N–C) groups is 1. The van der Waals surface area contributed by atoms with Gasteiger partial charge in [0.15, 0.2) is 5.66 Å². The molecular formula is C21H22F2N8OS. The quantitative estimate of drug-likeness (QED) is 0.711. The van der Waals surface area contributed by atoms with Crippen LogP contribution in [0.3, 0.4) is 0 Å². The molecule has 2 N–H and O–H groups in total. The number of fused-ring (bicyclic) bond motifs is 1. The Balaban J connectivity index is 1.40. The van der Waals surface area contributed by atoms with E-state index in [1.54, 1.807) is 20.0 Å². The molecule has 5 heterocycles. The molecule has 1 atom stereocenters. The average Bonchev–Trinajstić information content (AvgIpc) is 3.52. The summed E-state index contributed by atoms with van der Waals surface area (Å²) in [4.78, 5) is 24.5. The van der Waals surface area contributed by atoms with Crippen LogP contribution in [0.25, 0.3) is 10.6 Å². The molecule has 5 rings (SSSR count). The highest BCUT2D eigenvalue weighted by Gasteiger charge is 2.38. The molecule has 1 amide bonds. The van der Waals surface area contributed by atoms with E-state index < -0.39 is 18.0 Å². The predicted octanol–water partition coefficient (Wildman–Crippen LogP) is 3.04. The van der Waals surface area contributed by atoms with E-state index >= 15 is 0 Å². The summed E-state index contributed by atoms with van der Waals surface area (Å²) in [6.45, 7) is 4.38. The molecule has 0 radical (unpaired) electrons. The van der Waals surface area contributed by atoms with Gasteiger partial charge in [0.1, 0.15) is 16.4 Å². The molecule has 0 spiro atoms. The second-order valence-electron chi connectivity index (χ2n) is 8.04. The van der Waals surface area contributed by atoms with E-state index in [1.807, 2.05) is 35.3 Å². The zero-order valence-electron chi connectivity index (χ0n) is 18.2. The van der Waals surface area contributed by atoms with Gasteiger partial charge in [-0.1, -0.05) is 6.08 Å². The Kier molecular flexibility index (Phi) is 5.04. The van der Waals surface area contributed by atoms with E-state index in [0.29, 0.717) is 21.1 Å². The summed E-state index contributed by atoms with van der Waals surface area (Å²) in [6, 6.07) is 0. The van der Waals surface area contributed by atoms with Crippen molar-refractivity contribution in [3.05, 3.63) is 58.8 Å². The molecule has 0 saturated carbocycles. The number of amides is 1. The zero-order chi connectivity index (χ0) is 23.3. The summed E-state index contributed by atoms with van der Waals surface area (Å²) in [5.74, 6) is 0.324. The minimum atomic E-state index is -2.67. The molecule has 172 valence electrons. The number of hydrazine groups is 1. The summed E-state index contributed by atoms with van der Waals surface area (Å²) < 4.78 is 27.8. The molecule has 12 heteroatoms. The first-order chi connectivity index (χ1) is 15.7. The van der Waals surface area contributed by atoms with Gasteiger partial charge < -0.3 is 10.2 Å². The zero-order valence-corrected chi connectivity index (χ0v) is 19.0. The summed E-state index contributed by atoms with van der Waals surface area (Å²) in [7, 11) is 1.63. The van der Waals surface area contributed by atoms with Gasteiger partial charge in [0, 0.05) is 36.6 Å². The van der Waals surface area contributed by atoms with Gasteiger partial charge in [-0.05, 0) is 32.4 Å². The SMILES string of the molecule is Cc1sc(-c2cnn(C)c2C(=O)NC2=CC3(C)N=C(N4C=CCC4)NN3C=C2)nc1C(F)F. The second kappa shape index (κ2) is 7.80. The highest BCUT2D eigenvalue weighted by atomic mass is 32.1. The Labute approximate surface area is 192 Å². The van der Waals surface area contributed by atoms with Crippen LogP contribution in [0, 0.1) is 6.92 Å². The van der Waals surface area contributed by atoms with Crippen LogP contribution in [-0.2, 0) is 7.05 Å². The number of allylic oxidation sites excluding steroid dienone is 1. The highest BCUT2D eigenvalue weighted by molar-refractivity contribution is 7.15. The van der Waals surface area contributed by atoms with Crippen LogP contribution in [0.1, 0.15) is 40.8 Å². The molecule has 3 aliphatic heterocycles.